The van der Waals surface area contributed by atoms with E-state index in [9.17, 15) is 10.1 Å². The first-order chi connectivity index (χ1) is 25.1. The summed E-state index contributed by atoms with van der Waals surface area (Å²) in [5.74, 6) is 0.705. The molecule has 51 heavy (non-hydrogen) atoms. The molecule has 1 N–H and O–H groups in total. The first-order valence-corrected chi connectivity index (χ1v) is 16.4. The van der Waals surface area contributed by atoms with E-state index in [0.29, 0.717) is 12.4 Å². The fourth-order valence-electron chi connectivity index (χ4n) is 6.55. The van der Waals surface area contributed by atoms with Gasteiger partial charge in [-0.3, -0.25) is 10.1 Å². The average Bonchev–Trinajstić information content (AvgIpc) is 3.69. The Labute approximate surface area is 293 Å². The van der Waals surface area contributed by atoms with Crippen LogP contribution in [0.15, 0.2) is 164 Å². The lowest BCUT2D eigenvalue weighted by Gasteiger charge is -2.34. The summed E-state index contributed by atoms with van der Waals surface area (Å²) >= 11 is 0. The van der Waals surface area contributed by atoms with Gasteiger partial charge in [-0.25, -0.2) is 9.97 Å². The van der Waals surface area contributed by atoms with Crippen molar-refractivity contribution in [3.63, 3.8) is 0 Å². The molecule has 0 atom stereocenters. The van der Waals surface area contributed by atoms with Crippen molar-refractivity contribution >= 4 is 22.4 Å². The van der Waals surface area contributed by atoms with Crippen LogP contribution in [0.1, 0.15) is 22.3 Å². The maximum Gasteiger partial charge on any atom is 0.311 e. The van der Waals surface area contributed by atoms with Crippen molar-refractivity contribution in [2.45, 2.75) is 12.1 Å². The van der Waals surface area contributed by atoms with E-state index < -0.39 is 10.5 Å². The van der Waals surface area contributed by atoms with Crippen LogP contribution in [0.4, 0.5) is 11.5 Å². The van der Waals surface area contributed by atoms with Gasteiger partial charge in [-0.05, 0) is 51.7 Å². The zero-order valence-corrected chi connectivity index (χ0v) is 27.2. The van der Waals surface area contributed by atoms with Crippen LogP contribution in [0.2, 0.25) is 0 Å². The van der Waals surface area contributed by atoms with E-state index in [-0.39, 0.29) is 11.5 Å². The zero-order valence-electron chi connectivity index (χ0n) is 27.2. The molecule has 5 aromatic carbocycles. The molecule has 246 valence electrons. The Balaban J connectivity index is 1.16. The van der Waals surface area contributed by atoms with Gasteiger partial charge >= 0.3 is 5.69 Å². The van der Waals surface area contributed by atoms with Crippen LogP contribution < -0.4 is 5.32 Å². The van der Waals surface area contributed by atoms with Gasteiger partial charge in [0, 0.05) is 35.3 Å². The molecule has 8 aromatic rings. The summed E-state index contributed by atoms with van der Waals surface area (Å²) in [6.45, 7) is 0.371. The highest BCUT2D eigenvalue weighted by Gasteiger charge is 2.41. The molecule has 0 aliphatic carbocycles. The third-order valence-electron chi connectivity index (χ3n) is 8.93. The van der Waals surface area contributed by atoms with Gasteiger partial charge in [0.05, 0.1) is 16.1 Å². The molecule has 3 heterocycles. The van der Waals surface area contributed by atoms with Crippen molar-refractivity contribution in [3.8, 4) is 22.6 Å². The number of fused-ring (bicyclic) bond motifs is 1. The van der Waals surface area contributed by atoms with Gasteiger partial charge in [0.15, 0.2) is 5.54 Å². The molecule has 0 amide bonds. The second-order valence-electron chi connectivity index (χ2n) is 12.0. The third kappa shape index (κ3) is 5.84. The molecule has 0 aliphatic rings. The summed E-state index contributed by atoms with van der Waals surface area (Å²) in [7, 11) is 0. The summed E-state index contributed by atoms with van der Waals surface area (Å²) < 4.78 is 0. The van der Waals surface area contributed by atoms with Gasteiger partial charge in [0.25, 0.3) is 0 Å². The number of hydrogen-bond acceptors (Lipinski definition) is 8. The maximum absolute atomic E-state index is 11.4. The van der Waals surface area contributed by atoms with Crippen molar-refractivity contribution in [1.29, 1.82) is 0 Å². The van der Waals surface area contributed by atoms with Gasteiger partial charge in [-0.15, -0.1) is 15.0 Å². The van der Waals surface area contributed by atoms with Crippen molar-refractivity contribution in [1.82, 2.24) is 30.2 Å². The van der Waals surface area contributed by atoms with Crippen molar-refractivity contribution in [2.24, 2.45) is 0 Å². The SMILES string of the molecule is O=[N+]([O-])c1cccnc1NCc1ccc2nc(-c3ccccc3-c3nnn(C(c4ccccc4)(c4ccccc4)c4ccccc4)n3)ccc2c1. The normalized spacial score (nSPS) is 11.4. The average molecular weight is 667 g/mol. The Morgan fingerprint density at radius 3 is 1.96 bits per heavy atom. The highest BCUT2D eigenvalue weighted by atomic mass is 16.6. The van der Waals surface area contributed by atoms with Crippen LogP contribution in [0.25, 0.3) is 33.5 Å². The van der Waals surface area contributed by atoms with Crippen LogP contribution in [0.5, 0.6) is 0 Å². The molecule has 0 radical (unpaired) electrons. The van der Waals surface area contributed by atoms with E-state index in [0.717, 1.165) is 50.0 Å². The molecule has 0 unspecified atom stereocenters. The minimum Gasteiger partial charge on any atom is -0.360 e. The number of nitrogens with one attached hydrogen (secondary N) is 1. The number of nitro groups is 1. The van der Waals surface area contributed by atoms with Crippen molar-refractivity contribution in [2.75, 3.05) is 5.32 Å². The predicted molar refractivity (Wildman–Crippen MR) is 197 cm³/mol. The smallest absolute Gasteiger partial charge is 0.311 e. The summed E-state index contributed by atoms with van der Waals surface area (Å²) in [6, 6.07) is 51.6. The Kier molecular flexibility index (Phi) is 8.23. The molecule has 8 rings (SSSR count). The quantitative estimate of drug-likeness (QED) is 0.0878. The highest BCUT2D eigenvalue weighted by Crippen LogP contribution is 2.40. The lowest BCUT2D eigenvalue weighted by atomic mass is 9.77. The number of benzene rings is 5. The molecular weight excluding hydrogens is 637 g/mol. The third-order valence-corrected chi connectivity index (χ3v) is 8.93. The molecule has 0 saturated carbocycles. The minimum absolute atomic E-state index is 0.0660. The molecule has 0 saturated heterocycles. The maximum atomic E-state index is 11.4. The van der Waals surface area contributed by atoms with Crippen LogP contribution >= 0.6 is 0 Å². The lowest BCUT2D eigenvalue weighted by Crippen LogP contribution is -2.39. The molecule has 0 spiro atoms. The summed E-state index contributed by atoms with van der Waals surface area (Å²) in [5.41, 5.74) is 6.25. The van der Waals surface area contributed by atoms with Crippen LogP contribution in [-0.2, 0) is 12.1 Å². The largest absolute Gasteiger partial charge is 0.360 e. The summed E-state index contributed by atoms with van der Waals surface area (Å²) in [4.78, 5) is 21.8. The van der Waals surface area contributed by atoms with Crippen LogP contribution in [-0.4, -0.2) is 35.1 Å². The number of anilines is 1. The summed E-state index contributed by atoms with van der Waals surface area (Å²) in [6.07, 6.45) is 1.53. The second-order valence-corrected chi connectivity index (χ2v) is 12.0. The van der Waals surface area contributed by atoms with E-state index in [1.54, 1.807) is 10.9 Å². The molecule has 3 aromatic heterocycles. The van der Waals surface area contributed by atoms with Crippen LogP contribution in [0, 0.1) is 10.1 Å². The lowest BCUT2D eigenvalue weighted by molar-refractivity contribution is -0.384. The number of aromatic nitrogens is 6. The van der Waals surface area contributed by atoms with Gasteiger partial charge in [-0.2, -0.15) is 0 Å². The van der Waals surface area contributed by atoms with Crippen LogP contribution in [0.3, 0.4) is 0 Å². The number of pyridine rings is 2. The predicted octanol–water partition coefficient (Wildman–Crippen LogP) is 8.31. The Morgan fingerprint density at radius 2 is 1.31 bits per heavy atom. The zero-order chi connectivity index (χ0) is 34.6. The fraction of sp³-hybridized carbons (Fsp3) is 0.0488. The van der Waals surface area contributed by atoms with Gasteiger partial charge < -0.3 is 5.32 Å². The number of nitrogens with zero attached hydrogens (tertiary/aromatic N) is 7. The molecule has 0 bridgehead atoms. The van der Waals surface area contributed by atoms with Gasteiger partial charge in [0.2, 0.25) is 11.6 Å². The van der Waals surface area contributed by atoms with E-state index in [4.69, 9.17) is 15.3 Å². The highest BCUT2D eigenvalue weighted by molar-refractivity contribution is 5.85. The summed E-state index contributed by atoms with van der Waals surface area (Å²) in [5, 5.41) is 29.9. The molecule has 10 nitrogen and oxygen atoms in total. The Hall–Kier alpha value is -7.07. The Morgan fingerprint density at radius 1 is 0.686 bits per heavy atom. The second kappa shape index (κ2) is 13.4. The van der Waals surface area contributed by atoms with Crippen molar-refractivity contribution in [3.05, 3.63) is 196 Å². The van der Waals surface area contributed by atoms with E-state index in [1.165, 1.54) is 12.3 Å². The topological polar surface area (TPSA) is 125 Å². The fourth-order valence-corrected chi connectivity index (χ4v) is 6.55. The number of hydrogen-bond donors (Lipinski definition) is 1. The van der Waals surface area contributed by atoms with E-state index >= 15 is 0 Å². The molecular formula is C41H30N8O2. The van der Waals surface area contributed by atoms with Gasteiger partial charge in [0.1, 0.15) is 0 Å². The van der Waals surface area contributed by atoms with E-state index in [2.05, 4.69) is 51.8 Å². The monoisotopic (exact) mass is 666 g/mol. The first kappa shape index (κ1) is 31.2. The molecule has 0 fully saturated rings. The molecule has 10 heteroatoms. The number of rotatable bonds is 10. The van der Waals surface area contributed by atoms with Gasteiger partial charge in [-0.1, -0.05) is 127 Å². The minimum atomic E-state index is -0.890. The standard InChI is InChI=1S/C41H30N8O2/c50-48(51)38-21-12-26-42-40(38)43-28-29-22-24-36-30(27-29)23-25-37(44-36)34-19-10-11-20-35(34)39-45-47-49(46-39)41(31-13-4-1-5-14-31,32-15-6-2-7-16-32)33-17-8-3-9-18-33/h1-27H,28H2,(H,42,43). The first-order valence-electron chi connectivity index (χ1n) is 16.4. The van der Waals surface area contributed by atoms with Crippen molar-refractivity contribution < 1.29 is 4.92 Å². The molecule has 0 aliphatic heterocycles. The van der Waals surface area contributed by atoms with E-state index in [1.807, 2.05) is 109 Å². The Bertz CT molecular complexity index is 2370. The number of tetrazole rings is 1.